The SMILES string of the molecule is CN1C(=O)[C@H](C2CCCCC2)[C@@H](c2ccccc2)C12C=CC(=O)C=C2. The zero-order chi connectivity index (χ0) is 17.4. The van der Waals surface area contributed by atoms with E-state index in [9.17, 15) is 9.59 Å². The maximum Gasteiger partial charge on any atom is 0.227 e. The number of carbonyl (C=O) groups is 2. The standard InChI is InChI=1S/C22H25NO2/c1-23-21(25)19(16-8-4-2-5-9-16)20(17-10-6-3-7-11-17)22(23)14-12-18(24)13-15-22/h3,6-7,10-16,19-20H,2,4-5,8-9H2,1H3/t19-,20-/m1/s1. The molecule has 1 aliphatic heterocycles. The van der Waals surface area contributed by atoms with Gasteiger partial charge in [0.15, 0.2) is 5.78 Å². The maximum atomic E-state index is 13.3. The molecule has 130 valence electrons. The Morgan fingerprint density at radius 2 is 1.60 bits per heavy atom. The Morgan fingerprint density at radius 3 is 2.24 bits per heavy atom. The second-order valence-corrected chi connectivity index (χ2v) is 7.67. The summed E-state index contributed by atoms with van der Waals surface area (Å²) in [5, 5.41) is 0. The molecule has 1 aromatic rings. The third-order valence-corrected chi connectivity index (χ3v) is 6.40. The Morgan fingerprint density at radius 1 is 0.960 bits per heavy atom. The van der Waals surface area contributed by atoms with Gasteiger partial charge in [-0.25, -0.2) is 0 Å². The molecule has 1 amide bonds. The lowest BCUT2D eigenvalue weighted by Gasteiger charge is -2.38. The van der Waals surface area contributed by atoms with E-state index >= 15 is 0 Å². The van der Waals surface area contributed by atoms with Crippen LogP contribution in [-0.4, -0.2) is 29.2 Å². The van der Waals surface area contributed by atoms with Crippen molar-refractivity contribution in [3.8, 4) is 0 Å². The monoisotopic (exact) mass is 335 g/mol. The van der Waals surface area contributed by atoms with Gasteiger partial charge < -0.3 is 4.90 Å². The van der Waals surface area contributed by atoms with Crippen LogP contribution in [0.3, 0.4) is 0 Å². The number of benzene rings is 1. The van der Waals surface area contributed by atoms with Crippen molar-refractivity contribution < 1.29 is 9.59 Å². The van der Waals surface area contributed by atoms with Gasteiger partial charge >= 0.3 is 0 Å². The number of carbonyl (C=O) groups excluding carboxylic acids is 2. The van der Waals surface area contributed by atoms with Crippen molar-refractivity contribution in [1.29, 1.82) is 0 Å². The number of ketones is 1. The van der Waals surface area contributed by atoms with Crippen molar-refractivity contribution >= 4 is 11.7 Å². The van der Waals surface area contributed by atoms with Crippen molar-refractivity contribution in [1.82, 2.24) is 4.90 Å². The van der Waals surface area contributed by atoms with Crippen LogP contribution < -0.4 is 0 Å². The number of likely N-dealkylation sites (N-methyl/N-ethyl adjacent to an activating group) is 1. The van der Waals surface area contributed by atoms with Gasteiger partial charge in [-0.15, -0.1) is 0 Å². The molecule has 4 rings (SSSR count). The highest BCUT2D eigenvalue weighted by Gasteiger charge is 2.57. The molecule has 0 aromatic heterocycles. The summed E-state index contributed by atoms with van der Waals surface area (Å²) < 4.78 is 0. The summed E-state index contributed by atoms with van der Waals surface area (Å²) in [6.45, 7) is 0. The van der Waals surface area contributed by atoms with Crippen LogP contribution in [0.2, 0.25) is 0 Å². The van der Waals surface area contributed by atoms with E-state index in [0.717, 1.165) is 12.8 Å². The summed E-state index contributed by atoms with van der Waals surface area (Å²) in [6.07, 6.45) is 13.1. The largest absolute Gasteiger partial charge is 0.332 e. The Labute approximate surface area is 149 Å². The predicted octanol–water partition coefficient (Wildman–Crippen LogP) is 3.87. The Bertz CT molecular complexity index is 712. The molecule has 2 atom stereocenters. The fourth-order valence-electron chi connectivity index (χ4n) is 5.13. The number of hydrogen-bond acceptors (Lipinski definition) is 2. The third-order valence-electron chi connectivity index (χ3n) is 6.40. The van der Waals surface area contributed by atoms with Crippen LogP contribution in [0.15, 0.2) is 54.6 Å². The molecule has 2 aliphatic carbocycles. The molecule has 2 fully saturated rings. The quantitative estimate of drug-likeness (QED) is 0.823. The molecular weight excluding hydrogens is 310 g/mol. The van der Waals surface area contributed by atoms with E-state index < -0.39 is 5.54 Å². The molecular formula is C22H25NO2. The maximum absolute atomic E-state index is 13.3. The topological polar surface area (TPSA) is 37.4 Å². The van der Waals surface area contributed by atoms with Gasteiger partial charge in [-0.05, 0) is 36.5 Å². The minimum absolute atomic E-state index is 0.000554. The first kappa shape index (κ1) is 16.3. The lowest BCUT2D eigenvalue weighted by Crippen LogP contribution is -2.44. The van der Waals surface area contributed by atoms with Crippen molar-refractivity contribution in [2.75, 3.05) is 7.05 Å². The molecule has 1 spiro atoms. The molecule has 3 heteroatoms. The van der Waals surface area contributed by atoms with Gasteiger partial charge in [0, 0.05) is 13.0 Å². The van der Waals surface area contributed by atoms with E-state index in [2.05, 4.69) is 12.1 Å². The van der Waals surface area contributed by atoms with Crippen LogP contribution >= 0.6 is 0 Å². The average Bonchev–Trinajstić information content (AvgIpc) is 2.87. The highest BCUT2D eigenvalue weighted by atomic mass is 16.2. The lowest BCUT2D eigenvalue weighted by molar-refractivity contribution is -0.133. The second kappa shape index (κ2) is 6.29. The molecule has 25 heavy (non-hydrogen) atoms. The van der Waals surface area contributed by atoms with Crippen molar-refractivity contribution in [3.05, 3.63) is 60.2 Å². The zero-order valence-electron chi connectivity index (χ0n) is 14.7. The van der Waals surface area contributed by atoms with Crippen molar-refractivity contribution in [2.45, 2.75) is 43.6 Å². The predicted molar refractivity (Wildman–Crippen MR) is 98.0 cm³/mol. The van der Waals surface area contributed by atoms with E-state index in [1.807, 2.05) is 42.3 Å². The first-order chi connectivity index (χ1) is 12.1. The Balaban J connectivity index is 1.83. The first-order valence-corrected chi connectivity index (χ1v) is 9.38. The van der Waals surface area contributed by atoms with Gasteiger partial charge in [-0.1, -0.05) is 61.7 Å². The molecule has 0 bridgehead atoms. The number of rotatable bonds is 2. The number of amides is 1. The molecule has 1 heterocycles. The number of allylic oxidation sites excluding steroid dienone is 2. The summed E-state index contributed by atoms with van der Waals surface area (Å²) in [6, 6.07) is 10.4. The summed E-state index contributed by atoms with van der Waals surface area (Å²) in [5.41, 5.74) is 0.675. The van der Waals surface area contributed by atoms with Crippen LogP contribution in [0.1, 0.15) is 43.6 Å². The number of nitrogens with zero attached hydrogens (tertiary/aromatic N) is 1. The van der Waals surface area contributed by atoms with Crippen LogP contribution in [0.25, 0.3) is 0 Å². The van der Waals surface area contributed by atoms with Crippen molar-refractivity contribution in [2.24, 2.45) is 11.8 Å². The molecule has 0 radical (unpaired) electrons. The van der Waals surface area contributed by atoms with E-state index in [1.54, 1.807) is 12.2 Å². The van der Waals surface area contributed by atoms with E-state index in [0.29, 0.717) is 5.92 Å². The minimum Gasteiger partial charge on any atom is -0.332 e. The number of likely N-dealkylation sites (tertiary alicyclic amines) is 1. The molecule has 0 N–H and O–H groups in total. The number of hydrogen-bond donors (Lipinski definition) is 0. The van der Waals surface area contributed by atoms with Gasteiger partial charge in [-0.2, -0.15) is 0 Å². The minimum atomic E-state index is -0.519. The van der Waals surface area contributed by atoms with Crippen LogP contribution in [-0.2, 0) is 9.59 Å². The Kier molecular flexibility index (Phi) is 4.10. The summed E-state index contributed by atoms with van der Waals surface area (Å²) in [4.78, 5) is 26.9. The fourth-order valence-corrected chi connectivity index (χ4v) is 5.13. The van der Waals surface area contributed by atoms with E-state index in [-0.39, 0.29) is 23.5 Å². The molecule has 3 aliphatic rings. The van der Waals surface area contributed by atoms with Crippen LogP contribution in [0, 0.1) is 11.8 Å². The van der Waals surface area contributed by atoms with Gasteiger partial charge in [0.05, 0.1) is 11.5 Å². The average molecular weight is 335 g/mol. The fraction of sp³-hybridized carbons (Fsp3) is 0.455. The highest BCUT2D eigenvalue weighted by molar-refractivity contribution is 6.01. The van der Waals surface area contributed by atoms with E-state index in [1.165, 1.54) is 24.8 Å². The third kappa shape index (κ3) is 2.57. The molecule has 0 unspecified atom stereocenters. The summed E-state index contributed by atoms with van der Waals surface area (Å²) >= 11 is 0. The van der Waals surface area contributed by atoms with Gasteiger partial charge in [0.25, 0.3) is 0 Å². The normalized spacial score (nSPS) is 28.9. The van der Waals surface area contributed by atoms with E-state index in [4.69, 9.17) is 0 Å². The molecule has 3 nitrogen and oxygen atoms in total. The van der Waals surface area contributed by atoms with Gasteiger partial charge in [-0.3, -0.25) is 9.59 Å². The molecule has 1 saturated carbocycles. The lowest BCUT2D eigenvalue weighted by atomic mass is 9.67. The van der Waals surface area contributed by atoms with Crippen LogP contribution in [0.5, 0.6) is 0 Å². The van der Waals surface area contributed by atoms with Crippen molar-refractivity contribution in [3.63, 3.8) is 0 Å². The molecule has 1 saturated heterocycles. The first-order valence-electron chi connectivity index (χ1n) is 9.38. The second-order valence-electron chi connectivity index (χ2n) is 7.67. The zero-order valence-corrected chi connectivity index (χ0v) is 14.7. The smallest absolute Gasteiger partial charge is 0.227 e. The highest BCUT2D eigenvalue weighted by Crippen LogP contribution is 2.53. The summed E-state index contributed by atoms with van der Waals surface area (Å²) in [7, 11) is 1.89. The summed E-state index contributed by atoms with van der Waals surface area (Å²) in [5.74, 6) is 0.724. The van der Waals surface area contributed by atoms with Gasteiger partial charge in [0.2, 0.25) is 5.91 Å². The van der Waals surface area contributed by atoms with Crippen LogP contribution in [0.4, 0.5) is 0 Å². The molecule has 1 aromatic carbocycles. The Hall–Kier alpha value is -2.16. The van der Waals surface area contributed by atoms with Gasteiger partial charge in [0.1, 0.15) is 0 Å².